The molecule has 0 spiro atoms. The van der Waals surface area contributed by atoms with Crippen molar-refractivity contribution in [3.63, 3.8) is 0 Å². The number of carbonyl (C=O) groups is 1. The number of hydrogen-bond donors (Lipinski definition) is 0. The molecule has 3 aromatic carbocycles. The summed E-state index contributed by atoms with van der Waals surface area (Å²) >= 11 is 0. The van der Waals surface area contributed by atoms with E-state index in [1.54, 1.807) is 0 Å². The van der Waals surface area contributed by atoms with Crippen molar-refractivity contribution in [2.75, 3.05) is 25.0 Å². The summed E-state index contributed by atoms with van der Waals surface area (Å²) in [6.45, 7) is 2.84. The first kappa shape index (κ1) is 16.6. The first-order chi connectivity index (χ1) is 12.7. The molecule has 3 nitrogen and oxygen atoms in total. The Bertz CT molecular complexity index is 928. The maximum absolute atomic E-state index is 12.9. The largest absolute Gasteiger partial charge is 0.371 e. The van der Waals surface area contributed by atoms with Gasteiger partial charge in [-0.2, -0.15) is 0 Å². The number of rotatable bonds is 4. The van der Waals surface area contributed by atoms with E-state index in [-0.39, 0.29) is 5.91 Å². The van der Waals surface area contributed by atoms with Crippen LogP contribution in [-0.2, 0) is 6.54 Å². The predicted octanol–water partition coefficient (Wildman–Crippen LogP) is 4.71. The number of hydrogen-bond acceptors (Lipinski definition) is 2. The smallest absolute Gasteiger partial charge is 0.253 e. The highest BCUT2D eigenvalue weighted by Crippen LogP contribution is 2.26. The molecule has 0 N–H and O–H groups in total. The minimum Gasteiger partial charge on any atom is -0.371 e. The summed E-state index contributed by atoms with van der Waals surface area (Å²) in [7, 11) is 1.89. The Morgan fingerprint density at radius 3 is 2.42 bits per heavy atom. The van der Waals surface area contributed by atoms with Crippen LogP contribution in [0.5, 0.6) is 0 Å². The van der Waals surface area contributed by atoms with Crippen LogP contribution in [-0.4, -0.2) is 30.9 Å². The van der Waals surface area contributed by atoms with Crippen molar-refractivity contribution in [3.05, 3.63) is 77.9 Å². The third-order valence-electron chi connectivity index (χ3n) is 5.19. The van der Waals surface area contributed by atoms with Gasteiger partial charge in [0.2, 0.25) is 0 Å². The normalized spacial score (nSPS) is 14.0. The van der Waals surface area contributed by atoms with Crippen LogP contribution < -0.4 is 4.90 Å². The molecular formula is C23H24N2O. The monoisotopic (exact) mass is 344 g/mol. The summed E-state index contributed by atoms with van der Waals surface area (Å²) in [5.74, 6) is 0.0620. The number of para-hydroxylation sites is 1. The molecule has 1 aliphatic heterocycles. The topological polar surface area (TPSA) is 23.6 Å². The van der Waals surface area contributed by atoms with E-state index in [4.69, 9.17) is 0 Å². The van der Waals surface area contributed by atoms with Gasteiger partial charge in [-0.15, -0.1) is 0 Å². The lowest BCUT2D eigenvalue weighted by molar-refractivity contribution is 0.0785. The molecular weight excluding hydrogens is 320 g/mol. The van der Waals surface area contributed by atoms with Gasteiger partial charge in [-0.1, -0.05) is 48.5 Å². The number of benzene rings is 3. The number of carbonyl (C=O) groups excluding carboxylic acids is 1. The van der Waals surface area contributed by atoms with E-state index in [0.717, 1.165) is 29.4 Å². The molecule has 1 amide bonds. The van der Waals surface area contributed by atoms with Crippen LogP contribution >= 0.6 is 0 Å². The maximum Gasteiger partial charge on any atom is 0.253 e. The summed E-state index contributed by atoms with van der Waals surface area (Å²) in [6, 6.07) is 22.5. The molecule has 1 aliphatic rings. The average molecular weight is 344 g/mol. The van der Waals surface area contributed by atoms with E-state index >= 15 is 0 Å². The number of amides is 1. The van der Waals surface area contributed by atoms with Crippen LogP contribution in [0.15, 0.2) is 66.7 Å². The number of anilines is 1. The van der Waals surface area contributed by atoms with Gasteiger partial charge in [0.1, 0.15) is 0 Å². The van der Waals surface area contributed by atoms with Crippen molar-refractivity contribution in [3.8, 4) is 0 Å². The first-order valence-electron chi connectivity index (χ1n) is 9.29. The van der Waals surface area contributed by atoms with Crippen LogP contribution in [0.3, 0.4) is 0 Å². The molecule has 1 heterocycles. The third kappa shape index (κ3) is 3.30. The van der Waals surface area contributed by atoms with E-state index in [9.17, 15) is 4.79 Å². The van der Waals surface area contributed by atoms with Crippen molar-refractivity contribution < 1.29 is 4.79 Å². The second-order valence-electron chi connectivity index (χ2n) is 7.05. The van der Waals surface area contributed by atoms with Crippen LogP contribution in [0.4, 0.5) is 5.69 Å². The van der Waals surface area contributed by atoms with Crippen molar-refractivity contribution >= 4 is 22.4 Å². The Hall–Kier alpha value is -2.81. The third-order valence-corrected chi connectivity index (χ3v) is 5.19. The van der Waals surface area contributed by atoms with E-state index in [1.807, 2.05) is 42.3 Å². The van der Waals surface area contributed by atoms with Crippen molar-refractivity contribution in [1.82, 2.24) is 4.90 Å². The van der Waals surface area contributed by atoms with Crippen molar-refractivity contribution in [2.24, 2.45) is 0 Å². The van der Waals surface area contributed by atoms with E-state index in [1.165, 1.54) is 24.1 Å². The Kier molecular flexibility index (Phi) is 4.61. The Labute approximate surface area is 154 Å². The molecule has 132 valence electrons. The number of nitrogens with zero attached hydrogens (tertiary/aromatic N) is 2. The van der Waals surface area contributed by atoms with Crippen LogP contribution in [0.2, 0.25) is 0 Å². The maximum atomic E-state index is 12.9. The molecule has 26 heavy (non-hydrogen) atoms. The molecule has 0 unspecified atom stereocenters. The van der Waals surface area contributed by atoms with Gasteiger partial charge >= 0.3 is 0 Å². The van der Waals surface area contributed by atoms with Crippen LogP contribution in [0.25, 0.3) is 10.8 Å². The molecule has 1 saturated heterocycles. The molecule has 1 fully saturated rings. The predicted molar refractivity (Wildman–Crippen MR) is 108 cm³/mol. The zero-order valence-corrected chi connectivity index (χ0v) is 15.2. The lowest BCUT2D eigenvalue weighted by Gasteiger charge is -2.24. The summed E-state index contributed by atoms with van der Waals surface area (Å²) in [4.78, 5) is 17.2. The van der Waals surface area contributed by atoms with Gasteiger partial charge in [0.05, 0.1) is 0 Å². The Balaban J connectivity index is 1.55. The van der Waals surface area contributed by atoms with Gasteiger partial charge in [-0.05, 0) is 47.4 Å². The Morgan fingerprint density at radius 2 is 1.62 bits per heavy atom. The Morgan fingerprint density at radius 1 is 0.923 bits per heavy atom. The molecule has 3 heteroatoms. The highest BCUT2D eigenvalue weighted by molar-refractivity contribution is 5.98. The highest BCUT2D eigenvalue weighted by Gasteiger charge is 2.18. The van der Waals surface area contributed by atoms with E-state index < -0.39 is 0 Å². The van der Waals surface area contributed by atoms with Crippen LogP contribution in [0, 0.1) is 0 Å². The first-order valence-corrected chi connectivity index (χ1v) is 9.29. The second-order valence-corrected chi connectivity index (χ2v) is 7.05. The SMILES string of the molecule is CN(Cc1ccccc1N1CCCC1)C(=O)c1ccc2ccccc2c1. The number of fused-ring (bicyclic) bond motifs is 1. The fraction of sp³-hybridized carbons (Fsp3) is 0.261. The lowest BCUT2D eigenvalue weighted by atomic mass is 10.1. The molecule has 0 aliphatic carbocycles. The van der Waals surface area contributed by atoms with Gasteiger partial charge < -0.3 is 9.80 Å². The van der Waals surface area contributed by atoms with Gasteiger partial charge in [0, 0.05) is 37.9 Å². The van der Waals surface area contributed by atoms with E-state index in [0.29, 0.717) is 6.54 Å². The zero-order valence-electron chi connectivity index (χ0n) is 15.2. The zero-order chi connectivity index (χ0) is 17.9. The standard InChI is InChI=1S/C23H24N2O/c1-24(17-21-10-4-5-11-22(21)25-14-6-7-15-25)23(26)20-13-12-18-8-2-3-9-19(18)16-20/h2-5,8-13,16H,6-7,14-15,17H2,1H3. The summed E-state index contributed by atoms with van der Waals surface area (Å²) < 4.78 is 0. The fourth-order valence-corrected chi connectivity index (χ4v) is 3.78. The summed E-state index contributed by atoms with van der Waals surface area (Å²) in [6.07, 6.45) is 2.50. The van der Waals surface area contributed by atoms with Gasteiger partial charge in [-0.3, -0.25) is 4.79 Å². The average Bonchev–Trinajstić information content (AvgIpc) is 3.22. The van der Waals surface area contributed by atoms with Gasteiger partial charge in [0.25, 0.3) is 5.91 Å². The minimum atomic E-state index is 0.0620. The highest BCUT2D eigenvalue weighted by atomic mass is 16.2. The van der Waals surface area contributed by atoms with Gasteiger partial charge in [-0.25, -0.2) is 0 Å². The molecule has 0 saturated carbocycles. The lowest BCUT2D eigenvalue weighted by Crippen LogP contribution is -2.28. The summed E-state index contributed by atoms with van der Waals surface area (Å²) in [5, 5.41) is 2.26. The van der Waals surface area contributed by atoms with E-state index in [2.05, 4.69) is 41.3 Å². The fourth-order valence-electron chi connectivity index (χ4n) is 3.78. The van der Waals surface area contributed by atoms with Crippen molar-refractivity contribution in [1.29, 1.82) is 0 Å². The minimum absolute atomic E-state index is 0.0620. The second kappa shape index (κ2) is 7.20. The molecule has 4 rings (SSSR count). The quantitative estimate of drug-likeness (QED) is 0.684. The van der Waals surface area contributed by atoms with Gasteiger partial charge in [0.15, 0.2) is 0 Å². The summed E-state index contributed by atoms with van der Waals surface area (Å²) in [5.41, 5.74) is 3.22. The molecule has 0 bridgehead atoms. The molecule has 3 aromatic rings. The molecule has 0 aromatic heterocycles. The molecule has 0 radical (unpaired) electrons. The van der Waals surface area contributed by atoms with Crippen LogP contribution in [0.1, 0.15) is 28.8 Å². The van der Waals surface area contributed by atoms with Crippen molar-refractivity contribution in [2.45, 2.75) is 19.4 Å². The molecule has 0 atom stereocenters.